The van der Waals surface area contributed by atoms with E-state index >= 15 is 0 Å². The number of carbonyl (C=O) groups is 5. The molecule has 0 saturated carbocycles. The summed E-state index contributed by atoms with van der Waals surface area (Å²) in [7, 11) is 0. The van der Waals surface area contributed by atoms with Crippen molar-refractivity contribution in [3.63, 3.8) is 0 Å². The van der Waals surface area contributed by atoms with Gasteiger partial charge in [-0.1, -0.05) is 44.2 Å². The van der Waals surface area contributed by atoms with Crippen LogP contribution in [0.25, 0.3) is 0 Å². The van der Waals surface area contributed by atoms with Gasteiger partial charge >= 0.3 is 0 Å². The van der Waals surface area contributed by atoms with Gasteiger partial charge in [0, 0.05) is 38.0 Å². The zero-order valence-corrected chi connectivity index (χ0v) is 25.4. The average molecular weight is 608 g/mol. The number of amides is 5. The normalized spacial score (nSPS) is 22.3. The highest BCUT2D eigenvalue weighted by Crippen LogP contribution is 2.32. The van der Waals surface area contributed by atoms with Gasteiger partial charge in [-0.3, -0.25) is 24.0 Å². The van der Waals surface area contributed by atoms with Crippen LogP contribution in [0.1, 0.15) is 56.0 Å². The Labute approximate surface area is 257 Å². The summed E-state index contributed by atoms with van der Waals surface area (Å²) in [4.78, 5) is 67.6. The molecule has 4 N–H and O–H groups in total. The van der Waals surface area contributed by atoms with E-state index in [1.165, 1.54) is 6.92 Å². The molecule has 12 heteroatoms. The molecule has 0 aliphatic carbocycles. The zero-order chi connectivity index (χ0) is 31.6. The molecule has 2 aromatic rings. The third-order valence-electron chi connectivity index (χ3n) is 7.58. The molecule has 0 bridgehead atoms. The average Bonchev–Trinajstić information content (AvgIpc) is 3.48. The van der Waals surface area contributed by atoms with Crippen molar-refractivity contribution >= 4 is 29.5 Å². The molecule has 0 unspecified atom stereocenters. The number of nitrogens with one attached hydrogen (secondary N) is 4. The Bertz CT molecular complexity index is 1350. The second kappa shape index (κ2) is 15.2. The van der Waals surface area contributed by atoms with Crippen LogP contribution in [0.15, 0.2) is 48.5 Å². The first kappa shape index (κ1) is 32.3. The van der Waals surface area contributed by atoms with Gasteiger partial charge in [-0.25, -0.2) is 0 Å². The number of hydrogen-bond acceptors (Lipinski definition) is 7. The van der Waals surface area contributed by atoms with Crippen molar-refractivity contribution in [2.24, 2.45) is 5.92 Å². The number of nitrogens with zero attached hydrogens (tertiary/aromatic N) is 1. The van der Waals surface area contributed by atoms with Crippen molar-refractivity contribution in [1.29, 1.82) is 0 Å². The van der Waals surface area contributed by atoms with E-state index in [1.807, 2.05) is 44.2 Å². The van der Waals surface area contributed by atoms with E-state index in [4.69, 9.17) is 9.47 Å². The maximum Gasteiger partial charge on any atom is 0.253 e. The van der Waals surface area contributed by atoms with Gasteiger partial charge in [-0.2, -0.15) is 0 Å². The summed E-state index contributed by atoms with van der Waals surface area (Å²) >= 11 is 0. The van der Waals surface area contributed by atoms with Crippen molar-refractivity contribution in [1.82, 2.24) is 26.2 Å². The summed E-state index contributed by atoms with van der Waals surface area (Å²) in [5.74, 6) is -1.14. The molecule has 2 aliphatic heterocycles. The first-order chi connectivity index (χ1) is 21.1. The molecule has 2 aliphatic rings. The summed E-state index contributed by atoms with van der Waals surface area (Å²) < 4.78 is 10.8. The zero-order valence-electron chi connectivity index (χ0n) is 25.4. The van der Waals surface area contributed by atoms with E-state index in [0.717, 1.165) is 5.56 Å². The smallest absolute Gasteiger partial charge is 0.253 e. The van der Waals surface area contributed by atoms with Crippen LogP contribution in [0.2, 0.25) is 0 Å². The lowest BCUT2D eigenvalue weighted by atomic mass is 10.0. The van der Waals surface area contributed by atoms with Gasteiger partial charge in [-0.05, 0) is 49.4 Å². The molecule has 5 amide bonds. The van der Waals surface area contributed by atoms with E-state index in [9.17, 15) is 24.0 Å². The molecular weight excluding hydrogens is 566 g/mol. The van der Waals surface area contributed by atoms with Gasteiger partial charge < -0.3 is 35.6 Å². The Morgan fingerprint density at radius 2 is 1.61 bits per heavy atom. The van der Waals surface area contributed by atoms with Gasteiger partial charge in [0.05, 0.1) is 0 Å². The summed E-state index contributed by atoms with van der Waals surface area (Å²) in [6.45, 7) is 6.14. The molecule has 0 radical (unpaired) electrons. The monoisotopic (exact) mass is 607 g/mol. The lowest BCUT2D eigenvalue weighted by Crippen LogP contribution is -2.57. The van der Waals surface area contributed by atoms with E-state index < -0.39 is 29.9 Å². The van der Waals surface area contributed by atoms with Crippen LogP contribution in [0.3, 0.4) is 0 Å². The Balaban J connectivity index is 1.53. The first-order valence-electron chi connectivity index (χ1n) is 15.0. The van der Waals surface area contributed by atoms with E-state index in [1.54, 1.807) is 23.1 Å². The summed E-state index contributed by atoms with van der Waals surface area (Å²) in [5, 5.41) is 11.1. The SMILES string of the molecule is CC(C)[C@H]1NC(=O)[C@@H](C)NC(=O)[C@H](Cc2ccccc2)NC(=O)CCCN(C(=O)c2ccc3c(c2)OCO3)CCCNC1=O. The highest BCUT2D eigenvalue weighted by Gasteiger charge is 2.29. The fraction of sp³-hybridized carbons (Fsp3) is 0.469. The van der Waals surface area contributed by atoms with Crippen LogP contribution in [0.4, 0.5) is 0 Å². The van der Waals surface area contributed by atoms with Crippen molar-refractivity contribution < 1.29 is 33.4 Å². The maximum absolute atomic E-state index is 13.5. The number of benzene rings is 2. The Kier molecular flexibility index (Phi) is 11.2. The van der Waals surface area contributed by atoms with Crippen molar-refractivity contribution in [2.45, 2.75) is 64.6 Å². The molecule has 2 heterocycles. The lowest BCUT2D eigenvalue weighted by molar-refractivity contribution is -0.134. The van der Waals surface area contributed by atoms with Crippen molar-refractivity contribution in [3.8, 4) is 11.5 Å². The third kappa shape index (κ3) is 8.71. The second-order valence-corrected chi connectivity index (χ2v) is 11.4. The van der Waals surface area contributed by atoms with Crippen LogP contribution >= 0.6 is 0 Å². The third-order valence-corrected chi connectivity index (χ3v) is 7.58. The fourth-order valence-electron chi connectivity index (χ4n) is 5.07. The Hall–Kier alpha value is -4.61. The topological polar surface area (TPSA) is 155 Å². The molecule has 236 valence electrons. The minimum atomic E-state index is -0.943. The molecule has 44 heavy (non-hydrogen) atoms. The van der Waals surface area contributed by atoms with Crippen LogP contribution in [-0.2, 0) is 25.6 Å². The number of ether oxygens (including phenoxy) is 2. The lowest BCUT2D eigenvalue weighted by Gasteiger charge is -2.26. The molecular formula is C32H41N5O7. The molecule has 1 fully saturated rings. The molecule has 0 aromatic heterocycles. The highest BCUT2D eigenvalue weighted by atomic mass is 16.7. The minimum absolute atomic E-state index is 0.0757. The molecule has 2 aromatic carbocycles. The molecule has 3 atom stereocenters. The van der Waals surface area contributed by atoms with Crippen molar-refractivity contribution in [2.75, 3.05) is 26.4 Å². The molecule has 4 rings (SSSR count). The Morgan fingerprint density at radius 3 is 2.36 bits per heavy atom. The standard InChI is InChI=1S/C32H41N5O7/c1-20(2)28-31(41)33-14-8-16-37(32(42)23-12-13-25-26(18-23)44-19-43-25)15-7-11-27(38)35-24(17-22-9-5-4-6-10-22)30(40)34-21(3)29(39)36-28/h4-6,9-10,12-13,18,20-21,24,28H,7-8,11,14-17,19H2,1-3H3,(H,33,41)(H,34,40)(H,35,38)(H,36,39)/t21-,24+,28-/m1/s1. The van der Waals surface area contributed by atoms with Gasteiger partial charge in [0.15, 0.2) is 11.5 Å². The second-order valence-electron chi connectivity index (χ2n) is 11.4. The number of fused-ring (bicyclic) bond motifs is 1. The fourth-order valence-corrected chi connectivity index (χ4v) is 5.07. The van der Waals surface area contributed by atoms with Gasteiger partial charge in [-0.15, -0.1) is 0 Å². The first-order valence-corrected chi connectivity index (χ1v) is 15.0. The minimum Gasteiger partial charge on any atom is -0.454 e. The molecule has 12 nitrogen and oxygen atoms in total. The molecule has 0 spiro atoms. The van der Waals surface area contributed by atoms with Crippen LogP contribution < -0.4 is 30.7 Å². The quantitative estimate of drug-likeness (QED) is 0.411. The van der Waals surface area contributed by atoms with E-state index in [-0.39, 0.29) is 56.4 Å². The number of hydrogen-bond donors (Lipinski definition) is 4. The maximum atomic E-state index is 13.5. The van der Waals surface area contributed by atoms with Crippen molar-refractivity contribution in [3.05, 3.63) is 59.7 Å². The van der Waals surface area contributed by atoms with Gasteiger partial charge in [0.2, 0.25) is 30.4 Å². The number of carbonyl (C=O) groups excluding carboxylic acids is 5. The predicted molar refractivity (Wildman–Crippen MR) is 162 cm³/mol. The number of rotatable bonds is 4. The summed E-state index contributed by atoms with van der Waals surface area (Å²) in [6, 6.07) is 11.5. The van der Waals surface area contributed by atoms with Gasteiger partial charge in [0.25, 0.3) is 5.91 Å². The summed E-state index contributed by atoms with van der Waals surface area (Å²) in [5.41, 5.74) is 1.26. The largest absolute Gasteiger partial charge is 0.454 e. The highest BCUT2D eigenvalue weighted by molar-refractivity contribution is 5.95. The Morgan fingerprint density at radius 1 is 0.886 bits per heavy atom. The van der Waals surface area contributed by atoms with Crippen LogP contribution in [0.5, 0.6) is 11.5 Å². The van der Waals surface area contributed by atoms with E-state index in [0.29, 0.717) is 36.4 Å². The molecule has 1 saturated heterocycles. The van der Waals surface area contributed by atoms with Crippen LogP contribution in [-0.4, -0.2) is 79.0 Å². The van der Waals surface area contributed by atoms with Gasteiger partial charge in [0.1, 0.15) is 18.1 Å². The summed E-state index contributed by atoms with van der Waals surface area (Å²) in [6.07, 6.45) is 1.10. The van der Waals surface area contributed by atoms with Crippen LogP contribution in [0, 0.1) is 5.92 Å². The van der Waals surface area contributed by atoms with E-state index in [2.05, 4.69) is 21.3 Å². The predicted octanol–water partition coefficient (Wildman–Crippen LogP) is 1.53.